The summed E-state index contributed by atoms with van der Waals surface area (Å²) >= 11 is 0. The average Bonchev–Trinajstić information content (AvgIpc) is 3.70. The van der Waals surface area contributed by atoms with Gasteiger partial charge in [0.15, 0.2) is 0 Å². The third kappa shape index (κ3) is 3.83. The molecule has 6 aromatic carbocycles. The Labute approximate surface area is 271 Å². The van der Waals surface area contributed by atoms with E-state index < -0.39 is 0 Å². The van der Waals surface area contributed by atoms with Gasteiger partial charge in [-0.1, -0.05) is 99.6 Å². The molecule has 0 saturated heterocycles. The van der Waals surface area contributed by atoms with Crippen molar-refractivity contribution in [2.24, 2.45) is 0 Å². The van der Waals surface area contributed by atoms with Gasteiger partial charge in [0.2, 0.25) is 0 Å². The van der Waals surface area contributed by atoms with E-state index in [1.54, 1.807) is 6.07 Å². The maximum absolute atomic E-state index is 14.4. The number of aromatic nitrogens is 2. The molecule has 0 N–H and O–H groups in total. The number of nitrogens with zero attached hydrogens (tertiary/aromatic N) is 3. The van der Waals surface area contributed by atoms with Crippen molar-refractivity contribution < 1.29 is 9.59 Å². The molecule has 0 spiro atoms. The van der Waals surface area contributed by atoms with Gasteiger partial charge in [-0.25, -0.2) is 4.90 Å². The second-order valence-electron chi connectivity index (χ2n) is 13.3. The summed E-state index contributed by atoms with van der Waals surface area (Å²) < 4.78 is 4.50. The molecule has 0 saturated carbocycles. The molecule has 0 bridgehead atoms. The van der Waals surface area contributed by atoms with Gasteiger partial charge < -0.3 is 9.13 Å². The van der Waals surface area contributed by atoms with E-state index >= 15 is 0 Å². The molecule has 0 radical (unpaired) electrons. The highest BCUT2D eigenvalue weighted by Crippen LogP contribution is 2.43. The van der Waals surface area contributed by atoms with Crippen molar-refractivity contribution in [2.75, 3.05) is 4.90 Å². The van der Waals surface area contributed by atoms with Crippen LogP contribution in [0.1, 0.15) is 47.1 Å². The number of amides is 2. The van der Waals surface area contributed by atoms with Gasteiger partial charge in [-0.15, -0.1) is 0 Å². The molecule has 0 fully saturated rings. The van der Waals surface area contributed by atoms with Crippen molar-refractivity contribution in [3.8, 4) is 11.4 Å². The van der Waals surface area contributed by atoms with Crippen molar-refractivity contribution in [1.82, 2.24) is 9.13 Å². The van der Waals surface area contributed by atoms with Crippen LogP contribution < -0.4 is 4.90 Å². The third-order valence-electron chi connectivity index (χ3n) is 9.61. The highest BCUT2D eigenvalue weighted by atomic mass is 16.2. The number of hydrogen-bond donors (Lipinski definition) is 0. The van der Waals surface area contributed by atoms with E-state index in [0.717, 1.165) is 54.9 Å². The molecule has 1 aliphatic heterocycles. The van der Waals surface area contributed by atoms with Crippen LogP contribution in [0, 0.1) is 0 Å². The minimum Gasteiger partial charge on any atom is -0.309 e. The Morgan fingerprint density at radius 3 is 1.87 bits per heavy atom. The zero-order valence-electron chi connectivity index (χ0n) is 26.4. The number of para-hydroxylation sites is 3. The number of carbonyl (C=O) groups is 2. The first-order valence-corrected chi connectivity index (χ1v) is 16.0. The minimum atomic E-state index is -0.311. The van der Waals surface area contributed by atoms with Gasteiger partial charge in [0, 0.05) is 27.2 Å². The zero-order valence-corrected chi connectivity index (χ0v) is 26.4. The van der Waals surface area contributed by atoms with Gasteiger partial charge in [-0.05, 0) is 65.6 Å². The van der Waals surface area contributed by atoms with Crippen LogP contribution in [0.5, 0.6) is 0 Å². The van der Waals surface area contributed by atoms with Crippen LogP contribution in [0.3, 0.4) is 0 Å². The number of rotatable bonds is 3. The number of carbonyl (C=O) groups excluding carboxylic acids is 2. The molecule has 0 unspecified atom stereocenters. The van der Waals surface area contributed by atoms with Crippen molar-refractivity contribution in [2.45, 2.75) is 26.2 Å². The fraction of sp³-hybridized carbons (Fsp3) is 0.0952. The van der Waals surface area contributed by atoms with Gasteiger partial charge in [-0.3, -0.25) is 9.59 Å². The molecule has 9 rings (SSSR count). The third-order valence-corrected chi connectivity index (χ3v) is 9.61. The topological polar surface area (TPSA) is 47.2 Å². The first kappa shape index (κ1) is 27.4. The number of hydrogen-bond acceptors (Lipinski definition) is 2. The lowest BCUT2D eigenvalue weighted by Gasteiger charge is -2.21. The largest absolute Gasteiger partial charge is 0.309 e. The lowest BCUT2D eigenvalue weighted by atomic mass is 9.87. The summed E-state index contributed by atoms with van der Waals surface area (Å²) in [5, 5.41) is 4.40. The maximum Gasteiger partial charge on any atom is 0.268 e. The van der Waals surface area contributed by atoms with Gasteiger partial charge in [0.05, 0.1) is 44.6 Å². The van der Waals surface area contributed by atoms with Gasteiger partial charge in [0.1, 0.15) is 0 Å². The molecule has 47 heavy (non-hydrogen) atoms. The second kappa shape index (κ2) is 9.78. The van der Waals surface area contributed by atoms with Crippen LogP contribution in [-0.2, 0) is 5.41 Å². The summed E-state index contributed by atoms with van der Waals surface area (Å²) in [6.07, 6.45) is 0. The van der Waals surface area contributed by atoms with Crippen molar-refractivity contribution in [3.05, 3.63) is 150 Å². The first-order chi connectivity index (χ1) is 22.8. The fourth-order valence-corrected chi connectivity index (χ4v) is 7.41. The summed E-state index contributed by atoms with van der Waals surface area (Å²) in [5.74, 6) is -0.615. The number of imide groups is 1. The van der Waals surface area contributed by atoms with E-state index in [0.29, 0.717) is 22.5 Å². The summed E-state index contributed by atoms with van der Waals surface area (Å²) in [6.45, 7) is 6.45. The predicted molar refractivity (Wildman–Crippen MR) is 191 cm³/mol. The van der Waals surface area contributed by atoms with Crippen molar-refractivity contribution >= 4 is 61.1 Å². The molecule has 5 heteroatoms. The van der Waals surface area contributed by atoms with Crippen molar-refractivity contribution in [3.63, 3.8) is 0 Å². The van der Waals surface area contributed by atoms with Crippen LogP contribution in [0.2, 0.25) is 0 Å². The average molecular weight is 610 g/mol. The second-order valence-corrected chi connectivity index (χ2v) is 13.3. The lowest BCUT2D eigenvalue weighted by Crippen LogP contribution is -2.29. The molecular formula is C42H31N3O2. The fourth-order valence-electron chi connectivity index (χ4n) is 7.41. The summed E-state index contributed by atoms with van der Waals surface area (Å²) in [4.78, 5) is 29.7. The van der Waals surface area contributed by atoms with E-state index in [9.17, 15) is 9.59 Å². The predicted octanol–water partition coefficient (Wildman–Crippen LogP) is 9.98. The quantitative estimate of drug-likeness (QED) is 0.187. The molecule has 8 aromatic rings. The molecule has 0 atom stereocenters. The first-order valence-electron chi connectivity index (χ1n) is 16.0. The van der Waals surface area contributed by atoms with Crippen LogP contribution in [0.15, 0.2) is 133 Å². The summed E-state index contributed by atoms with van der Waals surface area (Å²) in [6, 6.07) is 45.0. The molecule has 5 nitrogen and oxygen atoms in total. The molecule has 3 heterocycles. The SMILES string of the molecule is CC(C)(C)c1ccc(N2C(=O)c3cccc(-n4c5ccccc5c5ccc6c(c7ccccc7n6-c6ccccc6)c54)c3C2=O)cc1. The van der Waals surface area contributed by atoms with Crippen LogP contribution in [-0.4, -0.2) is 20.9 Å². The molecule has 2 aromatic heterocycles. The summed E-state index contributed by atoms with van der Waals surface area (Å²) in [7, 11) is 0. The molecule has 226 valence electrons. The molecule has 0 aliphatic carbocycles. The highest BCUT2D eigenvalue weighted by molar-refractivity contribution is 6.36. The molecule has 2 amide bonds. The van der Waals surface area contributed by atoms with Gasteiger partial charge in [-0.2, -0.15) is 0 Å². The molecular weight excluding hydrogens is 578 g/mol. The van der Waals surface area contributed by atoms with Crippen LogP contribution in [0.25, 0.3) is 55.0 Å². The van der Waals surface area contributed by atoms with Gasteiger partial charge >= 0.3 is 0 Å². The van der Waals surface area contributed by atoms with Crippen LogP contribution >= 0.6 is 0 Å². The minimum absolute atomic E-state index is 0.0425. The van der Waals surface area contributed by atoms with Crippen LogP contribution in [0.4, 0.5) is 5.69 Å². The normalized spacial score (nSPS) is 13.5. The zero-order chi connectivity index (χ0) is 32.0. The Morgan fingerprint density at radius 2 is 1.15 bits per heavy atom. The highest BCUT2D eigenvalue weighted by Gasteiger charge is 2.39. The lowest BCUT2D eigenvalue weighted by molar-refractivity contribution is 0.0926. The van der Waals surface area contributed by atoms with E-state index in [1.165, 1.54) is 4.90 Å². The maximum atomic E-state index is 14.4. The Bertz CT molecular complexity index is 2580. The number of benzene rings is 6. The Kier molecular flexibility index (Phi) is 5.70. The molecule has 1 aliphatic rings. The van der Waals surface area contributed by atoms with Crippen molar-refractivity contribution in [1.29, 1.82) is 0 Å². The van der Waals surface area contributed by atoms with E-state index in [1.807, 2.05) is 48.5 Å². The standard InChI is InChI=1S/C42H31N3O2/c1-42(2,3)26-20-22-28(23-21-26)44-40(46)32-16-11-19-35(38(32)41(44)47)45-33-17-9-7-14-29(33)30-24-25-36-37(39(30)45)31-15-8-10-18-34(31)43(36)27-12-5-4-6-13-27/h4-25H,1-3H3. The number of fused-ring (bicyclic) bond motifs is 8. The van der Waals surface area contributed by atoms with E-state index in [2.05, 4.69) is 109 Å². The summed E-state index contributed by atoms with van der Waals surface area (Å²) in [5.41, 5.74) is 8.45. The van der Waals surface area contributed by atoms with E-state index in [-0.39, 0.29) is 17.2 Å². The van der Waals surface area contributed by atoms with E-state index in [4.69, 9.17) is 0 Å². The number of anilines is 1. The monoisotopic (exact) mass is 609 g/mol. The Hall–Kier alpha value is -5.94. The Balaban J connectivity index is 1.35. The smallest absolute Gasteiger partial charge is 0.268 e. The Morgan fingerprint density at radius 1 is 0.489 bits per heavy atom. The van der Waals surface area contributed by atoms with Gasteiger partial charge in [0.25, 0.3) is 11.8 Å².